The summed E-state index contributed by atoms with van der Waals surface area (Å²) in [6, 6.07) is 18.7. The van der Waals surface area contributed by atoms with Gasteiger partial charge in [-0.3, -0.25) is 0 Å². The zero-order valence-electron chi connectivity index (χ0n) is 10.7. The molecule has 2 aromatic carbocycles. The van der Waals surface area contributed by atoms with Crippen LogP contribution >= 0.6 is 0 Å². The van der Waals surface area contributed by atoms with Crippen LogP contribution < -0.4 is 4.90 Å². The van der Waals surface area contributed by atoms with E-state index in [9.17, 15) is 0 Å². The van der Waals surface area contributed by atoms with Crippen molar-refractivity contribution in [3.8, 4) is 0 Å². The van der Waals surface area contributed by atoms with Crippen LogP contribution in [0.15, 0.2) is 54.6 Å². The predicted octanol–water partition coefficient (Wildman–Crippen LogP) is 3.38. The number of para-hydroxylation sites is 1. The van der Waals surface area contributed by atoms with Crippen LogP contribution in [0.25, 0.3) is 0 Å². The quantitative estimate of drug-likeness (QED) is 0.867. The highest BCUT2D eigenvalue weighted by Gasteiger charge is 2.06. The molecule has 0 aliphatic carbocycles. The van der Waals surface area contributed by atoms with Gasteiger partial charge in [-0.25, -0.2) is 0 Å². The molecule has 0 saturated carbocycles. The fourth-order valence-corrected chi connectivity index (χ4v) is 2.13. The van der Waals surface area contributed by atoms with Gasteiger partial charge < -0.3 is 10.0 Å². The Hall–Kier alpha value is -1.80. The van der Waals surface area contributed by atoms with Gasteiger partial charge in [-0.1, -0.05) is 30.3 Å². The molecule has 0 aromatic heterocycles. The lowest BCUT2D eigenvalue weighted by Crippen LogP contribution is -2.16. The molecule has 0 amide bonds. The van der Waals surface area contributed by atoms with Crippen LogP contribution in [-0.2, 0) is 6.42 Å². The largest absolute Gasteiger partial charge is 0.396 e. The van der Waals surface area contributed by atoms with Gasteiger partial charge in [0.2, 0.25) is 0 Å². The average molecular weight is 241 g/mol. The molecule has 0 heterocycles. The minimum atomic E-state index is 0.195. The maximum atomic E-state index is 9.01. The Morgan fingerprint density at radius 1 is 0.944 bits per heavy atom. The van der Waals surface area contributed by atoms with Crippen LogP contribution in [-0.4, -0.2) is 18.3 Å². The van der Waals surface area contributed by atoms with Gasteiger partial charge in [0.25, 0.3) is 0 Å². The molecule has 0 aliphatic heterocycles. The molecule has 94 valence electrons. The molecule has 0 bridgehead atoms. The monoisotopic (exact) mass is 241 g/mol. The molecule has 0 spiro atoms. The maximum absolute atomic E-state index is 9.01. The van der Waals surface area contributed by atoms with E-state index in [1.165, 1.54) is 16.9 Å². The standard InChI is InChI=1S/C16H19NO/c1-2-17(15-8-4-3-5-9-15)16-10-6-7-14(13-16)11-12-18/h3-10,13,18H,2,11-12H2,1H3. The third-order valence-corrected chi connectivity index (χ3v) is 3.01. The normalized spacial score (nSPS) is 10.3. The SMILES string of the molecule is CCN(c1ccccc1)c1cccc(CCO)c1. The molecule has 2 nitrogen and oxygen atoms in total. The zero-order chi connectivity index (χ0) is 12.8. The first kappa shape index (κ1) is 12.7. The van der Waals surface area contributed by atoms with Gasteiger partial charge in [-0.2, -0.15) is 0 Å². The number of aliphatic hydroxyl groups excluding tert-OH is 1. The van der Waals surface area contributed by atoms with E-state index in [4.69, 9.17) is 5.11 Å². The molecule has 1 N–H and O–H groups in total. The molecular formula is C16H19NO. The fourth-order valence-electron chi connectivity index (χ4n) is 2.13. The summed E-state index contributed by atoms with van der Waals surface area (Å²) in [5.41, 5.74) is 3.54. The Morgan fingerprint density at radius 2 is 1.67 bits per heavy atom. The Morgan fingerprint density at radius 3 is 2.33 bits per heavy atom. The summed E-state index contributed by atoms with van der Waals surface area (Å²) in [6.07, 6.45) is 0.709. The molecule has 0 unspecified atom stereocenters. The lowest BCUT2D eigenvalue weighted by Gasteiger charge is -2.23. The Bertz CT molecular complexity index is 481. The van der Waals surface area contributed by atoms with Crippen LogP contribution in [0.3, 0.4) is 0 Å². The van der Waals surface area contributed by atoms with Gasteiger partial charge in [-0.15, -0.1) is 0 Å². The van der Waals surface area contributed by atoms with Gasteiger partial charge in [0, 0.05) is 24.5 Å². The molecule has 0 atom stereocenters. The first-order valence-corrected chi connectivity index (χ1v) is 6.37. The third-order valence-electron chi connectivity index (χ3n) is 3.01. The van der Waals surface area contributed by atoms with E-state index in [0.29, 0.717) is 6.42 Å². The topological polar surface area (TPSA) is 23.5 Å². The van der Waals surface area contributed by atoms with Crippen molar-refractivity contribution < 1.29 is 5.11 Å². The Balaban J connectivity index is 2.30. The van der Waals surface area contributed by atoms with Gasteiger partial charge in [0.1, 0.15) is 0 Å². The molecule has 2 rings (SSSR count). The van der Waals surface area contributed by atoms with E-state index >= 15 is 0 Å². The molecule has 0 aliphatic rings. The Labute approximate surface area is 109 Å². The van der Waals surface area contributed by atoms with E-state index in [2.05, 4.69) is 54.3 Å². The second kappa shape index (κ2) is 6.22. The first-order chi connectivity index (χ1) is 8.85. The third kappa shape index (κ3) is 2.90. The van der Waals surface area contributed by atoms with Crippen LogP contribution in [0.4, 0.5) is 11.4 Å². The van der Waals surface area contributed by atoms with E-state index in [0.717, 1.165) is 6.54 Å². The number of anilines is 2. The smallest absolute Gasteiger partial charge is 0.0471 e. The minimum absolute atomic E-state index is 0.195. The van der Waals surface area contributed by atoms with Crippen molar-refractivity contribution in [2.75, 3.05) is 18.1 Å². The number of hydrogen-bond acceptors (Lipinski definition) is 2. The average Bonchev–Trinajstić information content (AvgIpc) is 2.42. The zero-order valence-corrected chi connectivity index (χ0v) is 10.7. The lowest BCUT2D eigenvalue weighted by atomic mass is 10.1. The molecular weight excluding hydrogens is 222 g/mol. The number of nitrogens with zero attached hydrogens (tertiary/aromatic N) is 1. The molecule has 2 aromatic rings. The summed E-state index contributed by atoms with van der Waals surface area (Å²) in [5.74, 6) is 0. The van der Waals surface area contributed by atoms with Crippen LogP contribution in [0.1, 0.15) is 12.5 Å². The molecule has 0 saturated heterocycles. The Kier molecular flexibility index (Phi) is 4.37. The van der Waals surface area contributed by atoms with Crippen molar-refractivity contribution in [3.63, 3.8) is 0 Å². The number of rotatable bonds is 5. The highest BCUT2D eigenvalue weighted by Crippen LogP contribution is 2.25. The van der Waals surface area contributed by atoms with Crippen molar-refractivity contribution in [1.82, 2.24) is 0 Å². The highest BCUT2D eigenvalue weighted by atomic mass is 16.2. The molecule has 2 heteroatoms. The molecule has 0 fully saturated rings. The summed E-state index contributed by atoms with van der Waals surface area (Å²) < 4.78 is 0. The summed E-state index contributed by atoms with van der Waals surface area (Å²) in [5, 5.41) is 9.01. The van der Waals surface area contributed by atoms with Gasteiger partial charge in [0.15, 0.2) is 0 Å². The summed E-state index contributed by atoms with van der Waals surface area (Å²) in [4.78, 5) is 2.26. The lowest BCUT2D eigenvalue weighted by molar-refractivity contribution is 0.299. The first-order valence-electron chi connectivity index (χ1n) is 6.37. The van der Waals surface area contributed by atoms with E-state index in [1.54, 1.807) is 0 Å². The van der Waals surface area contributed by atoms with Crippen molar-refractivity contribution in [1.29, 1.82) is 0 Å². The summed E-state index contributed by atoms with van der Waals surface area (Å²) in [6.45, 7) is 3.26. The van der Waals surface area contributed by atoms with Crippen LogP contribution in [0, 0.1) is 0 Å². The van der Waals surface area contributed by atoms with Crippen molar-refractivity contribution >= 4 is 11.4 Å². The van der Waals surface area contributed by atoms with Crippen LogP contribution in [0.2, 0.25) is 0 Å². The van der Waals surface area contributed by atoms with Gasteiger partial charge >= 0.3 is 0 Å². The molecule has 18 heavy (non-hydrogen) atoms. The molecule has 0 radical (unpaired) electrons. The minimum Gasteiger partial charge on any atom is -0.396 e. The predicted molar refractivity (Wildman–Crippen MR) is 76.4 cm³/mol. The van der Waals surface area contributed by atoms with Gasteiger partial charge in [0.05, 0.1) is 0 Å². The van der Waals surface area contributed by atoms with Gasteiger partial charge in [-0.05, 0) is 43.2 Å². The van der Waals surface area contributed by atoms with Crippen molar-refractivity contribution in [3.05, 3.63) is 60.2 Å². The maximum Gasteiger partial charge on any atom is 0.0471 e. The van der Waals surface area contributed by atoms with E-state index < -0.39 is 0 Å². The van der Waals surface area contributed by atoms with Crippen LogP contribution in [0.5, 0.6) is 0 Å². The summed E-state index contributed by atoms with van der Waals surface area (Å²) in [7, 11) is 0. The number of hydrogen-bond donors (Lipinski definition) is 1. The van der Waals surface area contributed by atoms with Crippen molar-refractivity contribution in [2.45, 2.75) is 13.3 Å². The van der Waals surface area contributed by atoms with Crippen molar-refractivity contribution in [2.24, 2.45) is 0 Å². The second-order valence-corrected chi connectivity index (χ2v) is 4.22. The second-order valence-electron chi connectivity index (χ2n) is 4.22. The van der Waals surface area contributed by atoms with E-state index in [1.807, 2.05) is 12.1 Å². The number of benzene rings is 2. The van der Waals surface area contributed by atoms with E-state index in [-0.39, 0.29) is 6.61 Å². The summed E-state index contributed by atoms with van der Waals surface area (Å²) >= 11 is 0. The fraction of sp³-hybridized carbons (Fsp3) is 0.250. The highest BCUT2D eigenvalue weighted by molar-refractivity contribution is 5.63. The number of aliphatic hydroxyl groups is 1.